The van der Waals surface area contributed by atoms with Crippen LogP contribution >= 0.6 is 0 Å². The van der Waals surface area contributed by atoms with E-state index in [-0.39, 0.29) is 41.7 Å². The molecule has 12 heteroatoms. The van der Waals surface area contributed by atoms with Crippen molar-refractivity contribution in [2.24, 2.45) is 4.99 Å². The van der Waals surface area contributed by atoms with Gasteiger partial charge in [0.05, 0.1) is 9.82 Å². The SMILES string of the molecule is CCNC(=NCC(=O)NC(C)(C)C)NCCNS(=O)(=O)c1cccc([N+](=O)[O-])c1. The van der Waals surface area contributed by atoms with Crippen molar-refractivity contribution in [1.82, 2.24) is 20.7 Å². The lowest BCUT2D eigenvalue weighted by molar-refractivity contribution is -0.385. The van der Waals surface area contributed by atoms with E-state index in [9.17, 15) is 23.3 Å². The Bertz CT molecular complexity index is 848. The van der Waals surface area contributed by atoms with Crippen molar-refractivity contribution in [2.75, 3.05) is 26.2 Å². The van der Waals surface area contributed by atoms with Gasteiger partial charge < -0.3 is 16.0 Å². The number of hydrogen-bond donors (Lipinski definition) is 4. The predicted octanol–water partition coefficient (Wildman–Crippen LogP) is 0.343. The van der Waals surface area contributed by atoms with Crippen LogP contribution < -0.4 is 20.7 Å². The first kappa shape index (κ1) is 24.3. The molecule has 1 rings (SSSR count). The fourth-order valence-electron chi connectivity index (χ4n) is 2.16. The van der Waals surface area contributed by atoms with Gasteiger partial charge >= 0.3 is 0 Å². The molecule has 162 valence electrons. The van der Waals surface area contributed by atoms with Crippen LogP contribution in [0.5, 0.6) is 0 Å². The summed E-state index contributed by atoms with van der Waals surface area (Å²) >= 11 is 0. The van der Waals surface area contributed by atoms with Gasteiger partial charge in [-0.25, -0.2) is 18.1 Å². The van der Waals surface area contributed by atoms with Crippen LogP contribution in [0.4, 0.5) is 5.69 Å². The molecule has 11 nitrogen and oxygen atoms in total. The quantitative estimate of drug-likeness (QED) is 0.145. The largest absolute Gasteiger partial charge is 0.357 e. The summed E-state index contributed by atoms with van der Waals surface area (Å²) < 4.78 is 26.9. The van der Waals surface area contributed by atoms with Gasteiger partial charge in [0.1, 0.15) is 6.54 Å². The molecule has 1 amide bonds. The molecule has 0 fully saturated rings. The second-order valence-electron chi connectivity index (χ2n) is 7.07. The zero-order chi connectivity index (χ0) is 22.1. The molecule has 0 unspecified atom stereocenters. The van der Waals surface area contributed by atoms with Crippen molar-refractivity contribution in [3.63, 3.8) is 0 Å². The van der Waals surface area contributed by atoms with Crippen LogP contribution in [0.1, 0.15) is 27.7 Å². The molecule has 0 spiro atoms. The molecule has 4 N–H and O–H groups in total. The highest BCUT2D eigenvalue weighted by Gasteiger charge is 2.17. The third-order valence-electron chi connectivity index (χ3n) is 3.29. The molecule has 0 saturated heterocycles. The number of sulfonamides is 1. The third-order valence-corrected chi connectivity index (χ3v) is 4.75. The summed E-state index contributed by atoms with van der Waals surface area (Å²) in [4.78, 5) is 25.9. The normalized spacial score (nSPS) is 12.3. The minimum atomic E-state index is -3.89. The molecule has 1 aromatic carbocycles. The first-order chi connectivity index (χ1) is 13.4. The molecule has 0 heterocycles. The van der Waals surface area contributed by atoms with Crippen LogP contribution in [-0.4, -0.2) is 56.9 Å². The predicted molar refractivity (Wildman–Crippen MR) is 110 cm³/mol. The number of non-ortho nitro benzene ring substituents is 1. The average molecular weight is 429 g/mol. The summed E-state index contributed by atoms with van der Waals surface area (Å²) in [7, 11) is -3.89. The van der Waals surface area contributed by atoms with Gasteiger partial charge in [-0.1, -0.05) is 6.07 Å². The lowest BCUT2D eigenvalue weighted by Crippen LogP contribution is -2.44. The molecule has 0 aliphatic carbocycles. The number of aliphatic imine (C=N–C) groups is 1. The Hall–Kier alpha value is -2.73. The summed E-state index contributed by atoms with van der Waals surface area (Å²) in [5.41, 5.74) is -0.663. The number of nitrogens with zero attached hydrogens (tertiary/aromatic N) is 2. The molecule has 0 aromatic heterocycles. The molecular formula is C17H28N6O5S. The van der Waals surface area contributed by atoms with Gasteiger partial charge in [-0.15, -0.1) is 0 Å². The Morgan fingerprint density at radius 2 is 1.90 bits per heavy atom. The fourth-order valence-corrected chi connectivity index (χ4v) is 3.24. The standard InChI is InChI=1S/C17H28N6O5S/c1-5-18-16(20-12-15(24)22-17(2,3)4)19-9-10-21-29(27,28)14-8-6-7-13(11-14)23(25)26/h6-8,11,21H,5,9-10,12H2,1-4H3,(H,22,24)(H2,18,19,20). The average Bonchev–Trinajstić information content (AvgIpc) is 2.61. The maximum atomic E-state index is 12.3. The Kier molecular flexibility index (Phi) is 8.98. The van der Waals surface area contributed by atoms with Crippen molar-refractivity contribution < 1.29 is 18.1 Å². The minimum Gasteiger partial charge on any atom is -0.357 e. The van der Waals surface area contributed by atoms with Crippen molar-refractivity contribution in [3.05, 3.63) is 34.4 Å². The molecule has 1 aromatic rings. The second kappa shape index (κ2) is 10.7. The molecule has 0 radical (unpaired) electrons. The molecule has 0 bridgehead atoms. The number of amides is 1. The number of benzene rings is 1. The van der Waals surface area contributed by atoms with Crippen LogP contribution in [0, 0.1) is 10.1 Å². The lowest BCUT2D eigenvalue weighted by Gasteiger charge is -2.20. The summed E-state index contributed by atoms with van der Waals surface area (Å²) in [5.74, 6) is 0.132. The van der Waals surface area contributed by atoms with Gasteiger partial charge in [0.15, 0.2) is 5.96 Å². The Morgan fingerprint density at radius 1 is 1.21 bits per heavy atom. The monoisotopic (exact) mass is 428 g/mol. The first-order valence-corrected chi connectivity index (χ1v) is 10.5. The smallest absolute Gasteiger partial charge is 0.270 e. The maximum Gasteiger partial charge on any atom is 0.270 e. The van der Waals surface area contributed by atoms with E-state index >= 15 is 0 Å². The van der Waals surface area contributed by atoms with Gasteiger partial charge in [0.25, 0.3) is 5.69 Å². The molecule has 0 atom stereocenters. The molecule has 0 saturated carbocycles. The van der Waals surface area contributed by atoms with E-state index < -0.39 is 14.9 Å². The molecule has 0 aliphatic rings. The van der Waals surface area contributed by atoms with Gasteiger partial charge in [0, 0.05) is 37.3 Å². The number of carbonyl (C=O) groups is 1. The number of nitrogens with one attached hydrogen (secondary N) is 4. The maximum absolute atomic E-state index is 12.3. The number of guanidine groups is 1. The van der Waals surface area contributed by atoms with Crippen LogP contribution in [0.3, 0.4) is 0 Å². The van der Waals surface area contributed by atoms with Crippen LogP contribution in [0.15, 0.2) is 34.2 Å². The van der Waals surface area contributed by atoms with Gasteiger partial charge in [0.2, 0.25) is 15.9 Å². The van der Waals surface area contributed by atoms with Gasteiger partial charge in [-0.3, -0.25) is 14.9 Å². The van der Waals surface area contributed by atoms with E-state index in [0.717, 1.165) is 6.07 Å². The summed E-state index contributed by atoms with van der Waals surface area (Å²) in [6, 6.07) is 4.80. The Labute approximate surface area is 170 Å². The Morgan fingerprint density at radius 3 is 2.48 bits per heavy atom. The highest BCUT2D eigenvalue weighted by atomic mass is 32.2. The van der Waals surface area contributed by atoms with Crippen LogP contribution in [0.25, 0.3) is 0 Å². The highest BCUT2D eigenvalue weighted by molar-refractivity contribution is 7.89. The second-order valence-corrected chi connectivity index (χ2v) is 8.84. The van der Waals surface area contributed by atoms with Crippen LogP contribution in [0.2, 0.25) is 0 Å². The van der Waals surface area contributed by atoms with E-state index in [1.54, 1.807) is 0 Å². The summed E-state index contributed by atoms with van der Waals surface area (Å²) in [6.07, 6.45) is 0. The van der Waals surface area contributed by atoms with E-state index in [4.69, 9.17) is 0 Å². The zero-order valence-electron chi connectivity index (χ0n) is 17.0. The van der Waals surface area contributed by atoms with E-state index in [1.807, 2.05) is 27.7 Å². The summed E-state index contributed by atoms with van der Waals surface area (Å²) in [6.45, 7) is 8.16. The zero-order valence-corrected chi connectivity index (χ0v) is 17.8. The van der Waals surface area contributed by atoms with Crippen molar-refractivity contribution in [3.8, 4) is 0 Å². The number of carbonyl (C=O) groups excluding carboxylic acids is 1. The van der Waals surface area contributed by atoms with Gasteiger partial charge in [-0.2, -0.15) is 0 Å². The van der Waals surface area contributed by atoms with Crippen molar-refractivity contribution in [1.29, 1.82) is 0 Å². The number of nitro benzene ring substituents is 1. The number of rotatable bonds is 9. The minimum absolute atomic E-state index is 0.0175. The van der Waals surface area contributed by atoms with E-state index in [2.05, 4.69) is 25.7 Å². The molecule has 0 aliphatic heterocycles. The summed E-state index contributed by atoms with van der Waals surface area (Å²) in [5, 5.41) is 19.5. The van der Waals surface area contributed by atoms with E-state index in [0.29, 0.717) is 12.5 Å². The lowest BCUT2D eigenvalue weighted by atomic mass is 10.1. The van der Waals surface area contributed by atoms with Crippen molar-refractivity contribution in [2.45, 2.75) is 38.1 Å². The Balaban J connectivity index is 2.60. The van der Waals surface area contributed by atoms with Crippen molar-refractivity contribution >= 4 is 27.6 Å². The van der Waals surface area contributed by atoms with Gasteiger partial charge in [-0.05, 0) is 33.8 Å². The fraction of sp³-hybridized carbons (Fsp3) is 0.529. The first-order valence-electron chi connectivity index (χ1n) is 9.02. The molecular weight excluding hydrogens is 400 g/mol. The number of hydrogen-bond acceptors (Lipinski definition) is 6. The van der Waals surface area contributed by atoms with Crippen LogP contribution in [-0.2, 0) is 14.8 Å². The topological polar surface area (TPSA) is 155 Å². The highest BCUT2D eigenvalue weighted by Crippen LogP contribution is 2.16. The van der Waals surface area contributed by atoms with E-state index in [1.165, 1.54) is 18.2 Å². The number of nitro groups is 1. The molecule has 29 heavy (non-hydrogen) atoms. The third kappa shape index (κ3) is 9.34.